The number of carbonyl (C=O) groups is 2. The summed E-state index contributed by atoms with van der Waals surface area (Å²) in [6.45, 7) is -0.228. The largest absolute Gasteiger partial charge is 0.507 e. The van der Waals surface area contributed by atoms with E-state index in [1.54, 1.807) is 19.2 Å². The Morgan fingerprint density at radius 1 is 1.16 bits per heavy atom. The summed E-state index contributed by atoms with van der Waals surface area (Å²) in [5, 5.41) is 9.71. The fourth-order valence-corrected chi connectivity index (χ4v) is 2.07. The number of hydrogen-bond donors (Lipinski definition) is 1. The third kappa shape index (κ3) is 4.94. The molecule has 0 fully saturated rings. The Kier molecular flexibility index (Phi) is 5.94. The van der Waals surface area contributed by atoms with Crippen LogP contribution < -0.4 is 4.74 Å². The van der Waals surface area contributed by atoms with Gasteiger partial charge in [0.05, 0.1) is 7.11 Å². The van der Waals surface area contributed by atoms with E-state index in [2.05, 4.69) is 0 Å². The summed E-state index contributed by atoms with van der Waals surface area (Å²) >= 11 is 0. The van der Waals surface area contributed by atoms with Gasteiger partial charge in [0.25, 0.3) is 5.91 Å². The summed E-state index contributed by atoms with van der Waals surface area (Å²) in [5.74, 6) is -1.51. The molecule has 0 atom stereocenters. The topological polar surface area (TPSA) is 76.1 Å². The van der Waals surface area contributed by atoms with E-state index >= 15 is 0 Å². The van der Waals surface area contributed by atoms with Crippen molar-refractivity contribution in [3.63, 3.8) is 0 Å². The molecule has 0 aliphatic heterocycles. The molecule has 0 aliphatic carbocycles. The van der Waals surface area contributed by atoms with Gasteiger partial charge in [0.1, 0.15) is 22.9 Å². The highest BCUT2D eigenvalue weighted by Crippen LogP contribution is 2.23. The van der Waals surface area contributed by atoms with E-state index in [0.29, 0.717) is 5.75 Å². The Morgan fingerprint density at radius 2 is 1.84 bits per heavy atom. The maximum Gasteiger partial charge on any atom is 0.342 e. The number of hydrogen-bond acceptors (Lipinski definition) is 5. The van der Waals surface area contributed by atoms with Gasteiger partial charge in [0, 0.05) is 13.6 Å². The minimum atomic E-state index is -0.833. The minimum absolute atomic E-state index is 0.0895. The van der Waals surface area contributed by atoms with Crippen LogP contribution in [0.5, 0.6) is 11.5 Å². The van der Waals surface area contributed by atoms with Crippen molar-refractivity contribution < 1.29 is 28.6 Å². The van der Waals surface area contributed by atoms with E-state index in [-0.39, 0.29) is 23.7 Å². The number of aromatic hydroxyl groups is 1. The maximum atomic E-state index is 12.9. The summed E-state index contributed by atoms with van der Waals surface area (Å²) in [5.41, 5.74) is 0.655. The molecule has 2 aromatic carbocycles. The van der Waals surface area contributed by atoms with Crippen molar-refractivity contribution in [1.82, 2.24) is 4.90 Å². The quantitative estimate of drug-likeness (QED) is 0.812. The van der Waals surface area contributed by atoms with Crippen LogP contribution >= 0.6 is 0 Å². The Morgan fingerprint density at radius 3 is 2.48 bits per heavy atom. The van der Waals surface area contributed by atoms with Gasteiger partial charge in [-0.05, 0) is 35.9 Å². The Balaban J connectivity index is 1.92. The molecular formula is C18H18FNO5. The van der Waals surface area contributed by atoms with E-state index < -0.39 is 18.5 Å². The Labute approximate surface area is 144 Å². The van der Waals surface area contributed by atoms with E-state index in [9.17, 15) is 19.1 Å². The molecule has 6 nitrogen and oxygen atoms in total. The lowest BCUT2D eigenvalue weighted by Gasteiger charge is -2.17. The van der Waals surface area contributed by atoms with Gasteiger partial charge in [-0.3, -0.25) is 4.79 Å². The number of phenolic OH excluding ortho intramolecular Hbond substituents is 1. The molecule has 1 amide bonds. The fourth-order valence-electron chi connectivity index (χ4n) is 2.07. The number of halogens is 1. The first kappa shape index (κ1) is 18.3. The van der Waals surface area contributed by atoms with Crippen LogP contribution in [-0.4, -0.2) is 42.6 Å². The highest BCUT2D eigenvalue weighted by Gasteiger charge is 2.17. The number of nitrogens with zero attached hydrogens (tertiary/aromatic N) is 1. The number of carbonyl (C=O) groups excluding carboxylic acids is 2. The second-order valence-electron chi connectivity index (χ2n) is 5.34. The first-order valence-corrected chi connectivity index (χ1v) is 7.43. The summed E-state index contributed by atoms with van der Waals surface area (Å²) in [6, 6.07) is 9.87. The van der Waals surface area contributed by atoms with Crippen LogP contribution in [0.25, 0.3) is 0 Å². The van der Waals surface area contributed by atoms with E-state index in [1.807, 2.05) is 0 Å². The van der Waals surface area contributed by atoms with Crippen molar-refractivity contribution in [1.29, 1.82) is 0 Å². The zero-order valence-corrected chi connectivity index (χ0v) is 13.9. The zero-order chi connectivity index (χ0) is 18.4. The average molecular weight is 347 g/mol. The first-order chi connectivity index (χ1) is 11.9. The van der Waals surface area contributed by atoms with Crippen LogP contribution in [0.4, 0.5) is 4.39 Å². The number of benzene rings is 2. The number of likely N-dealkylation sites (N-methyl/N-ethyl adjacent to an activating group) is 1. The van der Waals surface area contributed by atoms with Gasteiger partial charge in [0.15, 0.2) is 6.61 Å². The fraction of sp³-hybridized carbons (Fsp3) is 0.222. The molecule has 0 aliphatic rings. The number of amides is 1. The van der Waals surface area contributed by atoms with Gasteiger partial charge in [-0.15, -0.1) is 0 Å². The first-order valence-electron chi connectivity index (χ1n) is 7.43. The molecule has 0 aromatic heterocycles. The highest BCUT2D eigenvalue weighted by atomic mass is 19.1. The standard InChI is InChI=1S/C18H18FNO5/c1-20(10-12-3-5-13(19)6-4-12)17(22)11-25-18(23)15-9-14(24-2)7-8-16(15)21/h3-9,21H,10-11H2,1-2H3. The van der Waals surface area contributed by atoms with Crippen molar-refractivity contribution in [3.8, 4) is 11.5 Å². The molecule has 25 heavy (non-hydrogen) atoms. The number of esters is 1. The second-order valence-corrected chi connectivity index (χ2v) is 5.34. The predicted molar refractivity (Wildman–Crippen MR) is 87.8 cm³/mol. The minimum Gasteiger partial charge on any atom is -0.507 e. The normalized spacial score (nSPS) is 10.2. The van der Waals surface area contributed by atoms with E-state index in [0.717, 1.165) is 5.56 Å². The van der Waals surface area contributed by atoms with E-state index in [4.69, 9.17) is 9.47 Å². The molecule has 2 rings (SSSR count). The van der Waals surface area contributed by atoms with Gasteiger partial charge in [0.2, 0.25) is 0 Å². The molecule has 0 saturated heterocycles. The monoisotopic (exact) mass is 347 g/mol. The average Bonchev–Trinajstić information content (AvgIpc) is 2.61. The zero-order valence-electron chi connectivity index (χ0n) is 13.9. The summed E-state index contributed by atoms with van der Waals surface area (Å²) in [6.07, 6.45) is 0. The molecule has 0 radical (unpaired) electrons. The van der Waals surface area contributed by atoms with Gasteiger partial charge >= 0.3 is 5.97 Å². The van der Waals surface area contributed by atoms with Crippen molar-refractivity contribution in [2.24, 2.45) is 0 Å². The van der Waals surface area contributed by atoms with Gasteiger partial charge < -0.3 is 19.5 Å². The van der Waals surface area contributed by atoms with Gasteiger partial charge in [-0.25, -0.2) is 9.18 Å². The summed E-state index contributed by atoms with van der Waals surface area (Å²) < 4.78 is 22.8. The number of rotatable bonds is 6. The van der Waals surface area contributed by atoms with E-state index in [1.165, 1.54) is 42.3 Å². The van der Waals surface area contributed by atoms with Crippen LogP contribution in [-0.2, 0) is 16.1 Å². The third-order valence-electron chi connectivity index (χ3n) is 3.51. The summed E-state index contributed by atoms with van der Waals surface area (Å²) in [7, 11) is 2.97. The Bertz CT molecular complexity index is 761. The number of phenols is 1. The highest BCUT2D eigenvalue weighted by molar-refractivity contribution is 5.94. The van der Waals surface area contributed by atoms with Crippen molar-refractivity contribution >= 4 is 11.9 Å². The Hall–Kier alpha value is -3.09. The molecule has 1 N–H and O–H groups in total. The predicted octanol–water partition coefficient (Wildman–Crippen LogP) is 2.36. The van der Waals surface area contributed by atoms with Crippen LogP contribution in [0.2, 0.25) is 0 Å². The van der Waals surface area contributed by atoms with Crippen molar-refractivity contribution in [2.45, 2.75) is 6.54 Å². The lowest BCUT2D eigenvalue weighted by molar-refractivity contribution is -0.133. The lowest BCUT2D eigenvalue weighted by Crippen LogP contribution is -2.30. The molecule has 132 valence electrons. The molecular weight excluding hydrogens is 329 g/mol. The van der Waals surface area contributed by atoms with Crippen molar-refractivity contribution in [2.75, 3.05) is 20.8 Å². The molecule has 2 aromatic rings. The smallest absolute Gasteiger partial charge is 0.342 e. The molecule has 7 heteroatoms. The number of methoxy groups -OCH3 is 1. The van der Waals surface area contributed by atoms with Crippen LogP contribution in [0.3, 0.4) is 0 Å². The van der Waals surface area contributed by atoms with Crippen LogP contribution in [0.15, 0.2) is 42.5 Å². The molecule has 0 saturated carbocycles. The second kappa shape index (κ2) is 8.14. The third-order valence-corrected chi connectivity index (χ3v) is 3.51. The SMILES string of the molecule is COc1ccc(O)c(C(=O)OCC(=O)N(C)Cc2ccc(F)cc2)c1. The molecule has 0 spiro atoms. The van der Waals surface area contributed by atoms with Crippen molar-refractivity contribution in [3.05, 3.63) is 59.4 Å². The molecule has 0 bridgehead atoms. The van der Waals surface area contributed by atoms with Crippen LogP contribution in [0, 0.1) is 5.82 Å². The summed E-state index contributed by atoms with van der Waals surface area (Å²) in [4.78, 5) is 25.4. The van der Waals surface area contributed by atoms with Gasteiger partial charge in [-0.1, -0.05) is 12.1 Å². The lowest BCUT2D eigenvalue weighted by atomic mass is 10.2. The van der Waals surface area contributed by atoms with Gasteiger partial charge in [-0.2, -0.15) is 0 Å². The number of ether oxygens (including phenoxy) is 2. The van der Waals surface area contributed by atoms with Crippen LogP contribution in [0.1, 0.15) is 15.9 Å². The molecule has 0 heterocycles. The molecule has 0 unspecified atom stereocenters. The maximum absolute atomic E-state index is 12.9.